The lowest BCUT2D eigenvalue weighted by molar-refractivity contribution is -0.122. The van der Waals surface area contributed by atoms with Crippen LogP contribution in [0.3, 0.4) is 0 Å². The minimum atomic E-state index is -3.79. The van der Waals surface area contributed by atoms with Crippen molar-refractivity contribution < 1.29 is 22.3 Å². The predicted molar refractivity (Wildman–Crippen MR) is 114 cm³/mol. The van der Waals surface area contributed by atoms with Gasteiger partial charge in [0.05, 0.1) is 4.90 Å². The highest BCUT2D eigenvalue weighted by molar-refractivity contribution is 7.92. The molecule has 0 heterocycles. The molecule has 3 aromatic carbocycles. The van der Waals surface area contributed by atoms with Gasteiger partial charge in [-0.15, -0.1) is 0 Å². The monoisotopic (exact) mass is 448 g/mol. The molecule has 6 nitrogen and oxygen atoms in total. The second-order valence-corrected chi connectivity index (χ2v) is 8.46. The Kier molecular flexibility index (Phi) is 6.59. The normalized spacial score (nSPS) is 12.1. The first-order valence-corrected chi connectivity index (χ1v) is 10.7. The average Bonchev–Trinajstić information content (AvgIpc) is 2.71. The van der Waals surface area contributed by atoms with E-state index in [0.717, 1.165) is 0 Å². The molecule has 0 radical (unpaired) electrons. The van der Waals surface area contributed by atoms with Gasteiger partial charge in [-0.2, -0.15) is 0 Å². The second kappa shape index (κ2) is 9.15. The summed E-state index contributed by atoms with van der Waals surface area (Å²) < 4.78 is 45.8. The van der Waals surface area contributed by atoms with Crippen LogP contribution >= 0.6 is 11.6 Å². The molecule has 9 heteroatoms. The minimum absolute atomic E-state index is 0.0334. The Morgan fingerprint density at radius 3 is 2.10 bits per heavy atom. The lowest BCUT2D eigenvalue weighted by Gasteiger charge is -2.15. The average molecular weight is 449 g/mol. The molecule has 0 fully saturated rings. The van der Waals surface area contributed by atoms with E-state index in [0.29, 0.717) is 22.1 Å². The van der Waals surface area contributed by atoms with E-state index in [1.165, 1.54) is 48.5 Å². The number of nitrogens with one attached hydrogen (secondary N) is 2. The van der Waals surface area contributed by atoms with Crippen LogP contribution in [0.5, 0.6) is 5.75 Å². The molecule has 1 amide bonds. The lowest BCUT2D eigenvalue weighted by atomic mass is 10.3. The number of halogens is 2. The fraction of sp³-hybridized carbons (Fsp3) is 0.0952. The number of carbonyl (C=O) groups is 1. The van der Waals surface area contributed by atoms with Crippen LogP contribution in [-0.2, 0) is 14.8 Å². The third kappa shape index (κ3) is 5.71. The summed E-state index contributed by atoms with van der Waals surface area (Å²) in [6.07, 6.45) is -0.842. The molecule has 156 valence electrons. The Labute approximate surface area is 178 Å². The van der Waals surface area contributed by atoms with Gasteiger partial charge in [0, 0.05) is 16.4 Å². The second-order valence-electron chi connectivity index (χ2n) is 6.34. The van der Waals surface area contributed by atoms with E-state index in [1.54, 1.807) is 31.2 Å². The summed E-state index contributed by atoms with van der Waals surface area (Å²) in [6.45, 7) is 1.55. The van der Waals surface area contributed by atoms with Crippen molar-refractivity contribution in [2.45, 2.75) is 17.9 Å². The first-order chi connectivity index (χ1) is 14.2. The predicted octanol–water partition coefficient (Wildman–Crippen LogP) is 4.69. The molecular formula is C21H18ClFN2O4S. The summed E-state index contributed by atoms with van der Waals surface area (Å²) in [5, 5.41) is 3.14. The zero-order chi connectivity index (χ0) is 21.7. The molecule has 1 unspecified atom stereocenters. The standard InChI is InChI=1S/C21H18ClFN2O4S/c1-14(29-19-10-4-16(23)5-11-19)21(26)24-17-8-12-20(13-9-17)30(27,28)25-18-6-2-15(22)3-7-18/h2-14,25H,1H3,(H,24,26). The van der Waals surface area contributed by atoms with Gasteiger partial charge in [-0.25, -0.2) is 12.8 Å². The van der Waals surface area contributed by atoms with E-state index in [9.17, 15) is 17.6 Å². The van der Waals surface area contributed by atoms with Gasteiger partial charge < -0.3 is 10.1 Å². The van der Waals surface area contributed by atoms with Crippen LogP contribution in [0.15, 0.2) is 77.7 Å². The molecule has 0 aliphatic rings. The quantitative estimate of drug-likeness (QED) is 0.549. The number of ether oxygens (including phenoxy) is 1. The number of hydrogen-bond acceptors (Lipinski definition) is 4. The van der Waals surface area contributed by atoms with Gasteiger partial charge in [0.25, 0.3) is 15.9 Å². The van der Waals surface area contributed by atoms with Crippen LogP contribution in [0.4, 0.5) is 15.8 Å². The Morgan fingerprint density at radius 2 is 1.50 bits per heavy atom. The summed E-state index contributed by atoms with van der Waals surface area (Å²) in [5.74, 6) is -0.483. The fourth-order valence-corrected chi connectivity index (χ4v) is 3.65. The topological polar surface area (TPSA) is 84.5 Å². The number of benzene rings is 3. The highest BCUT2D eigenvalue weighted by atomic mass is 35.5. The van der Waals surface area contributed by atoms with Gasteiger partial charge in [0.15, 0.2) is 6.10 Å². The molecule has 0 saturated heterocycles. The van der Waals surface area contributed by atoms with Crippen LogP contribution < -0.4 is 14.8 Å². The summed E-state index contributed by atoms with van der Waals surface area (Å²) in [5.41, 5.74) is 0.781. The van der Waals surface area contributed by atoms with Crippen LogP contribution in [0.25, 0.3) is 0 Å². The maximum atomic E-state index is 12.9. The molecule has 1 atom stereocenters. The number of amides is 1. The molecule has 0 aliphatic carbocycles. The van der Waals surface area contributed by atoms with Gasteiger partial charge in [0.1, 0.15) is 11.6 Å². The Bertz CT molecular complexity index is 1120. The van der Waals surface area contributed by atoms with Crippen molar-refractivity contribution in [1.82, 2.24) is 0 Å². The zero-order valence-corrected chi connectivity index (χ0v) is 17.4. The summed E-state index contributed by atoms with van der Waals surface area (Å²) in [7, 11) is -3.79. The first-order valence-electron chi connectivity index (χ1n) is 8.84. The fourth-order valence-electron chi connectivity index (χ4n) is 2.46. The Morgan fingerprint density at radius 1 is 0.933 bits per heavy atom. The highest BCUT2D eigenvalue weighted by Crippen LogP contribution is 2.20. The summed E-state index contributed by atoms with van der Waals surface area (Å²) in [6, 6.07) is 17.3. The largest absolute Gasteiger partial charge is 0.481 e. The molecule has 0 aliphatic heterocycles. The minimum Gasteiger partial charge on any atom is -0.481 e. The van der Waals surface area contributed by atoms with Crippen molar-refractivity contribution in [3.05, 3.63) is 83.6 Å². The van der Waals surface area contributed by atoms with Gasteiger partial charge in [0.2, 0.25) is 0 Å². The van der Waals surface area contributed by atoms with E-state index in [1.807, 2.05) is 0 Å². The van der Waals surface area contributed by atoms with Crippen molar-refractivity contribution in [3.63, 3.8) is 0 Å². The van der Waals surface area contributed by atoms with Crippen molar-refractivity contribution in [1.29, 1.82) is 0 Å². The van der Waals surface area contributed by atoms with Crippen LogP contribution in [0.1, 0.15) is 6.92 Å². The Balaban J connectivity index is 1.62. The molecule has 0 aromatic heterocycles. The third-order valence-corrected chi connectivity index (χ3v) is 5.67. The van der Waals surface area contributed by atoms with E-state index in [2.05, 4.69) is 10.0 Å². The molecule has 0 saturated carbocycles. The number of carbonyl (C=O) groups excluding carboxylic acids is 1. The van der Waals surface area contributed by atoms with Gasteiger partial charge >= 0.3 is 0 Å². The van der Waals surface area contributed by atoms with Crippen molar-refractivity contribution in [3.8, 4) is 5.75 Å². The maximum Gasteiger partial charge on any atom is 0.265 e. The molecule has 2 N–H and O–H groups in total. The van der Waals surface area contributed by atoms with E-state index in [4.69, 9.17) is 16.3 Å². The number of hydrogen-bond donors (Lipinski definition) is 2. The zero-order valence-electron chi connectivity index (χ0n) is 15.8. The number of rotatable bonds is 7. The molecule has 30 heavy (non-hydrogen) atoms. The third-order valence-electron chi connectivity index (χ3n) is 4.02. The van der Waals surface area contributed by atoms with E-state index in [-0.39, 0.29) is 4.90 Å². The van der Waals surface area contributed by atoms with E-state index >= 15 is 0 Å². The highest BCUT2D eigenvalue weighted by Gasteiger charge is 2.17. The molecule has 3 rings (SSSR count). The van der Waals surface area contributed by atoms with Crippen molar-refractivity contribution >= 4 is 38.9 Å². The summed E-state index contributed by atoms with van der Waals surface area (Å²) in [4.78, 5) is 12.3. The van der Waals surface area contributed by atoms with E-state index < -0.39 is 27.9 Å². The summed E-state index contributed by atoms with van der Waals surface area (Å²) >= 11 is 5.80. The maximum absolute atomic E-state index is 12.9. The Hall–Kier alpha value is -3.10. The molecule has 0 bridgehead atoms. The van der Waals surface area contributed by atoms with Crippen molar-refractivity contribution in [2.24, 2.45) is 0 Å². The van der Waals surface area contributed by atoms with Gasteiger partial charge in [-0.05, 0) is 79.7 Å². The van der Waals surface area contributed by atoms with Gasteiger partial charge in [-0.3, -0.25) is 9.52 Å². The number of anilines is 2. The lowest BCUT2D eigenvalue weighted by Crippen LogP contribution is -2.30. The number of sulfonamides is 1. The van der Waals surface area contributed by atoms with Crippen LogP contribution in [0, 0.1) is 5.82 Å². The molecule has 0 spiro atoms. The molecule has 3 aromatic rings. The SMILES string of the molecule is CC(Oc1ccc(F)cc1)C(=O)Nc1ccc(S(=O)(=O)Nc2ccc(Cl)cc2)cc1. The van der Waals surface area contributed by atoms with Crippen LogP contribution in [0.2, 0.25) is 5.02 Å². The molecular weight excluding hydrogens is 431 g/mol. The first kappa shape index (κ1) is 21.6. The smallest absolute Gasteiger partial charge is 0.265 e. The van der Waals surface area contributed by atoms with Crippen LogP contribution in [-0.4, -0.2) is 20.4 Å². The van der Waals surface area contributed by atoms with Crippen molar-refractivity contribution in [2.75, 3.05) is 10.0 Å². The van der Waals surface area contributed by atoms with Gasteiger partial charge in [-0.1, -0.05) is 11.6 Å².